The Morgan fingerprint density at radius 2 is 1.34 bits per heavy atom. The summed E-state index contributed by atoms with van der Waals surface area (Å²) in [5, 5.41) is 0. The summed E-state index contributed by atoms with van der Waals surface area (Å²) < 4.78 is 20.5. The van der Waals surface area contributed by atoms with Crippen molar-refractivity contribution in [3.05, 3.63) is 70.8 Å². The van der Waals surface area contributed by atoms with Crippen LogP contribution in [-0.4, -0.2) is 40.4 Å². The summed E-state index contributed by atoms with van der Waals surface area (Å²) in [4.78, 5) is 25.3. The molecule has 0 aliphatic carbocycles. The van der Waals surface area contributed by atoms with Crippen molar-refractivity contribution in [3.8, 4) is 11.5 Å². The minimum absolute atomic E-state index is 0.0878. The lowest BCUT2D eigenvalue weighted by molar-refractivity contribution is -0.139. The van der Waals surface area contributed by atoms with Crippen molar-refractivity contribution in [3.63, 3.8) is 0 Å². The molecule has 0 spiro atoms. The molecule has 6 nitrogen and oxygen atoms in total. The third kappa shape index (κ3) is 5.25. The van der Waals surface area contributed by atoms with Crippen molar-refractivity contribution in [2.75, 3.05) is 28.4 Å². The van der Waals surface area contributed by atoms with E-state index in [1.165, 1.54) is 28.4 Å². The molecule has 0 bridgehead atoms. The van der Waals surface area contributed by atoms with Crippen LogP contribution in [0.25, 0.3) is 11.6 Å². The molecule has 152 valence electrons. The summed E-state index contributed by atoms with van der Waals surface area (Å²) in [6.07, 6.45) is 1.60. The average Bonchev–Trinajstić information content (AvgIpc) is 2.77. The van der Waals surface area contributed by atoms with Crippen LogP contribution in [0.15, 0.2) is 59.7 Å². The summed E-state index contributed by atoms with van der Waals surface area (Å²) in [7, 11) is 5.60. The van der Waals surface area contributed by atoms with Crippen LogP contribution in [0.1, 0.15) is 18.1 Å². The highest BCUT2D eigenvalue weighted by Crippen LogP contribution is 2.32. The maximum Gasteiger partial charge on any atom is 0.339 e. The fraction of sp³-hybridized carbons (Fsp3) is 0.217. The van der Waals surface area contributed by atoms with Crippen LogP contribution in [0.5, 0.6) is 11.5 Å². The molecule has 0 unspecified atom stereocenters. The molecule has 0 aromatic heterocycles. The Morgan fingerprint density at radius 3 is 1.83 bits per heavy atom. The molecule has 0 saturated carbocycles. The zero-order chi connectivity index (χ0) is 21.4. The largest absolute Gasteiger partial charge is 0.497 e. The van der Waals surface area contributed by atoms with Gasteiger partial charge in [-0.2, -0.15) is 0 Å². The number of esters is 2. The van der Waals surface area contributed by atoms with E-state index in [2.05, 4.69) is 0 Å². The molecule has 6 heteroatoms. The molecule has 0 amide bonds. The quantitative estimate of drug-likeness (QED) is 0.402. The third-order valence-electron chi connectivity index (χ3n) is 4.33. The van der Waals surface area contributed by atoms with Crippen LogP contribution in [0.2, 0.25) is 0 Å². The summed E-state index contributed by atoms with van der Waals surface area (Å²) >= 11 is 0. The summed E-state index contributed by atoms with van der Waals surface area (Å²) in [6.45, 7) is 1.72. The number of rotatable bonds is 7. The van der Waals surface area contributed by atoms with Gasteiger partial charge in [0.15, 0.2) is 0 Å². The van der Waals surface area contributed by atoms with E-state index in [0.717, 1.165) is 5.56 Å². The van der Waals surface area contributed by atoms with Crippen LogP contribution in [-0.2, 0) is 19.1 Å². The van der Waals surface area contributed by atoms with Crippen LogP contribution in [0.3, 0.4) is 0 Å². The molecular weight excluding hydrogens is 372 g/mol. The number of methoxy groups -OCH3 is 4. The fourth-order valence-corrected chi connectivity index (χ4v) is 2.79. The standard InChI is InChI=1S/C23H24O6/c1-15(17-12-18(26-2)14-19(13-17)27-3)21(23(25)29-5)20(22(24)28-4)11-16-9-7-6-8-10-16/h6-14H,1-5H3/b20-11+,21-15-. The van der Waals surface area contributed by atoms with Gasteiger partial charge in [0, 0.05) is 6.07 Å². The zero-order valence-electron chi connectivity index (χ0n) is 17.1. The van der Waals surface area contributed by atoms with Crippen molar-refractivity contribution in [2.45, 2.75) is 6.92 Å². The van der Waals surface area contributed by atoms with Gasteiger partial charge in [-0.1, -0.05) is 30.3 Å². The third-order valence-corrected chi connectivity index (χ3v) is 4.33. The smallest absolute Gasteiger partial charge is 0.339 e. The van der Waals surface area contributed by atoms with Crippen LogP contribution in [0, 0.1) is 0 Å². The van der Waals surface area contributed by atoms with E-state index < -0.39 is 11.9 Å². The lowest BCUT2D eigenvalue weighted by atomic mass is 9.93. The zero-order valence-corrected chi connectivity index (χ0v) is 17.1. The number of carbonyl (C=O) groups excluding carboxylic acids is 2. The van der Waals surface area contributed by atoms with Crippen LogP contribution >= 0.6 is 0 Å². The molecule has 2 aromatic carbocycles. The first-order valence-corrected chi connectivity index (χ1v) is 8.83. The van der Waals surface area contributed by atoms with Gasteiger partial charge >= 0.3 is 11.9 Å². The first kappa shape index (κ1) is 21.8. The summed E-state index contributed by atoms with van der Waals surface area (Å²) in [5.41, 5.74) is 2.08. The topological polar surface area (TPSA) is 71.1 Å². The molecule has 0 radical (unpaired) electrons. The summed E-state index contributed by atoms with van der Waals surface area (Å²) in [6, 6.07) is 14.4. The number of ether oxygens (including phenoxy) is 4. The molecule has 0 N–H and O–H groups in total. The van der Waals surface area contributed by atoms with Gasteiger partial charge in [-0.3, -0.25) is 0 Å². The Bertz CT molecular complexity index is 919. The molecular formula is C23H24O6. The second-order valence-electron chi connectivity index (χ2n) is 6.05. The summed E-state index contributed by atoms with van der Waals surface area (Å²) in [5.74, 6) is -0.204. The first-order valence-electron chi connectivity index (χ1n) is 8.83. The van der Waals surface area contributed by atoms with Crippen molar-refractivity contribution in [2.24, 2.45) is 0 Å². The molecule has 0 fully saturated rings. The van der Waals surface area contributed by atoms with Gasteiger partial charge in [0.25, 0.3) is 0 Å². The van der Waals surface area contributed by atoms with Gasteiger partial charge in [0.05, 0.1) is 39.6 Å². The van der Waals surface area contributed by atoms with E-state index in [1.807, 2.05) is 30.3 Å². The monoisotopic (exact) mass is 396 g/mol. The van der Waals surface area contributed by atoms with Gasteiger partial charge in [0.1, 0.15) is 11.5 Å². The predicted octanol–water partition coefficient (Wildman–Crippen LogP) is 3.91. The van der Waals surface area contributed by atoms with Gasteiger partial charge < -0.3 is 18.9 Å². The second-order valence-corrected chi connectivity index (χ2v) is 6.05. The Morgan fingerprint density at radius 1 is 0.793 bits per heavy atom. The molecule has 0 atom stereocenters. The second kappa shape index (κ2) is 10.1. The van der Waals surface area contributed by atoms with E-state index in [4.69, 9.17) is 18.9 Å². The number of benzene rings is 2. The lowest BCUT2D eigenvalue weighted by Crippen LogP contribution is -2.16. The Hall–Kier alpha value is -3.54. The minimum Gasteiger partial charge on any atom is -0.497 e. The van der Waals surface area contributed by atoms with E-state index >= 15 is 0 Å². The van der Waals surface area contributed by atoms with Crippen molar-refractivity contribution < 1.29 is 28.5 Å². The van der Waals surface area contributed by atoms with Crippen molar-refractivity contribution in [1.82, 2.24) is 0 Å². The Kier molecular flexibility index (Phi) is 7.60. The fourth-order valence-electron chi connectivity index (χ4n) is 2.79. The predicted molar refractivity (Wildman–Crippen MR) is 111 cm³/mol. The van der Waals surface area contributed by atoms with Crippen molar-refractivity contribution >= 4 is 23.6 Å². The van der Waals surface area contributed by atoms with E-state index in [0.29, 0.717) is 22.6 Å². The van der Waals surface area contributed by atoms with E-state index in [9.17, 15) is 9.59 Å². The number of hydrogen-bond acceptors (Lipinski definition) is 6. The van der Waals surface area contributed by atoms with E-state index in [1.54, 1.807) is 31.2 Å². The normalized spacial score (nSPS) is 12.0. The molecule has 0 heterocycles. The van der Waals surface area contributed by atoms with E-state index in [-0.39, 0.29) is 11.1 Å². The average molecular weight is 396 g/mol. The first-order chi connectivity index (χ1) is 13.9. The molecule has 0 aliphatic heterocycles. The number of hydrogen-bond donors (Lipinski definition) is 0. The Balaban J connectivity index is 2.77. The molecule has 0 saturated heterocycles. The minimum atomic E-state index is -0.656. The van der Waals surface area contributed by atoms with Gasteiger partial charge in [-0.25, -0.2) is 9.59 Å². The maximum atomic E-state index is 12.7. The maximum absolute atomic E-state index is 12.7. The van der Waals surface area contributed by atoms with Gasteiger partial charge in [-0.05, 0) is 41.8 Å². The highest BCUT2D eigenvalue weighted by molar-refractivity contribution is 6.14. The van der Waals surface area contributed by atoms with Gasteiger partial charge in [-0.15, -0.1) is 0 Å². The van der Waals surface area contributed by atoms with Crippen LogP contribution < -0.4 is 9.47 Å². The van der Waals surface area contributed by atoms with Crippen LogP contribution in [0.4, 0.5) is 0 Å². The SMILES string of the molecule is COC(=O)C(=C(/C)c1cc(OC)cc(OC)c1)/C(=C\c1ccccc1)C(=O)OC. The molecule has 2 aromatic rings. The number of allylic oxidation sites excluding steroid dienone is 1. The Labute approximate surface area is 170 Å². The number of carbonyl (C=O) groups is 2. The molecule has 29 heavy (non-hydrogen) atoms. The lowest BCUT2D eigenvalue weighted by Gasteiger charge is -2.15. The molecule has 0 aliphatic rings. The highest BCUT2D eigenvalue weighted by Gasteiger charge is 2.26. The molecule has 2 rings (SSSR count). The highest BCUT2D eigenvalue weighted by atomic mass is 16.5. The van der Waals surface area contributed by atoms with Crippen molar-refractivity contribution in [1.29, 1.82) is 0 Å². The van der Waals surface area contributed by atoms with Gasteiger partial charge in [0.2, 0.25) is 0 Å².